The van der Waals surface area contributed by atoms with Crippen LogP contribution in [0.4, 0.5) is 20.6 Å². The Bertz CT molecular complexity index is 1510. The number of nitrogens with zero attached hydrogens (tertiary/aromatic N) is 2. The van der Waals surface area contributed by atoms with E-state index in [1.54, 1.807) is 58.4 Å². The first-order chi connectivity index (χ1) is 18.8. The van der Waals surface area contributed by atoms with Gasteiger partial charge in [-0.25, -0.2) is 9.18 Å². The predicted molar refractivity (Wildman–Crippen MR) is 151 cm³/mol. The van der Waals surface area contributed by atoms with Crippen LogP contribution in [0.1, 0.15) is 56.2 Å². The number of halogens is 1. The number of nitrogens with one attached hydrogen (secondary N) is 3. The van der Waals surface area contributed by atoms with E-state index >= 15 is 0 Å². The molecule has 0 fully saturated rings. The Kier molecular flexibility index (Phi) is 7.78. The fourth-order valence-electron chi connectivity index (χ4n) is 4.23. The Balaban J connectivity index is 1.80. The highest BCUT2D eigenvalue weighted by Crippen LogP contribution is 2.40. The number of para-hydroxylation sites is 1. The summed E-state index contributed by atoms with van der Waals surface area (Å²) in [5.41, 5.74) is 2.35. The lowest BCUT2D eigenvalue weighted by molar-refractivity contribution is 0.0186. The first-order valence-electron chi connectivity index (χ1n) is 12.9. The number of pyridine rings is 1. The Morgan fingerprint density at radius 2 is 1.95 bits per heavy atom. The van der Waals surface area contributed by atoms with Gasteiger partial charge in [0.1, 0.15) is 11.1 Å². The molecule has 0 spiro atoms. The number of amides is 2. The van der Waals surface area contributed by atoms with Crippen molar-refractivity contribution in [2.24, 2.45) is 0 Å². The minimum atomic E-state index is -0.875. The van der Waals surface area contributed by atoms with Crippen molar-refractivity contribution in [3.63, 3.8) is 0 Å². The largest absolute Gasteiger partial charge is 0.492 e. The van der Waals surface area contributed by atoms with Crippen molar-refractivity contribution in [3.8, 4) is 28.8 Å². The molecule has 2 amide bonds. The fraction of sp³-hybridized carbons (Fsp3) is 0.367. The van der Waals surface area contributed by atoms with E-state index in [4.69, 9.17) is 9.47 Å². The third-order valence-corrected chi connectivity index (χ3v) is 6.50. The van der Waals surface area contributed by atoms with Gasteiger partial charge in [-0.05, 0) is 52.8 Å². The van der Waals surface area contributed by atoms with Gasteiger partial charge in [0.15, 0.2) is 11.6 Å². The molecule has 0 saturated heterocycles. The number of anilines is 2. The third-order valence-electron chi connectivity index (χ3n) is 6.50. The van der Waals surface area contributed by atoms with E-state index in [1.807, 2.05) is 13.8 Å². The first-order valence-corrected chi connectivity index (χ1v) is 12.9. The molecule has 3 heterocycles. The molecule has 210 valence electrons. The monoisotopic (exact) mass is 547 g/mol. The maximum Gasteiger partial charge on any atom is 0.411 e. The van der Waals surface area contributed by atoms with Crippen molar-refractivity contribution in [3.05, 3.63) is 59.3 Å². The van der Waals surface area contributed by atoms with Gasteiger partial charge in [0.2, 0.25) is 0 Å². The van der Waals surface area contributed by atoms with E-state index in [0.717, 1.165) is 5.69 Å². The fourth-order valence-corrected chi connectivity index (χ4v) is 4.23. The summed E-state index contributed by atoms with van der Waals surface area (Å²) in [5, 5.41) is 6.10. The molecule has 40 heavy (non-hydrogen) atoms. The summed E-state index contributed by atoms with van der Waals surface area (Å²) >= 11 is 0. The second-order valence-electron chi connectivity index (χ2n) is 10.9. The first kappa shape index (κ1) is 28.5. The van der Waals surface area contributed by atoms with Gasteiger partial charge >= 0.3 is 6.09 Å². The number of rotatable bonds is 5. The Morgan fingerprint density at radius 1 is 1.20 bits per heavy atom. The summed E-state index contributed by atoms with van der Waals surface area (Å²) in [5.74, 6) is 5.59. The molecular weight excluding hydrogens is 513 g/mol. The lowest BCUT2D eigenvalue weighted by atomic mass is 10.0. The smallest absolute Gasteiger partial charge is 0.411 e. The summed E-state index contributed by atoms with van der Waals surface area (Å²) in [7, 11) is 3.02. The van der Waals surface area contributed by atoms with Crippen LogP contribution < -0.4 is 15.4 Å². The maximum absolute atomic E-state index is 14.5. The molecule has 1 aromatic carbocycles. The molecule has 0 radical (unpaired) electrons. The van der Waals surface area contributed by atoms with Crippen molar-refractivity contribution in [1.29, 1.82) is 0 Å². The molecule has 0 bridgehead atoms. The quantitative estimate of drug-likeness (QED) is 0.377. The third kappa shape index (κ3) is 5.88. The molecule has 4 rings (SSSR count). The van der Waals surface area contributed by atoms with E-state index in [-0.39, 0.29) is 11.7 Å². The summed E-state index contributed by atoms with van der Waals surface area (Å²) in [6, 6.07) is 6.33. The standard InChI is InChI=1S/C30H34FN5O4/c1-29(2,3)40-28(38)36(6)30(4,5)14-11-18-17-32-15-12-19(18)24-25(23-21(34-24)13-16-33-27(23)37)35-22-10-8-9-20(31)26(22)39-7/h8-10,12,15,17,34-35H,13,16H2,1-7H3,(H,33,37). The van der Waals surface area contributed by atoms with Crippen LogP contribution in [0.3, 0.4) is 0 Å². The Morgan fingerprint density at radius 3 is 2.65 bits per heavy atom. The van der Waals surface area contributed by atoms with E-state index in [2.05, 4.69) is 32.4 Å². The summed E-state index contributed by atoms with van der Waals surface area (Å²) in [6.45, 7) is 9.55. The Hall–Kier alpha value is -4.52. The second-order valence-corrected chi connectivity index (χ2v) is 10.9. The van der Waals surface area contributed by atoms with Gasteiger partial charge < -0.3 is 25.1 Å². The topological polar surface area (TPSA) is 109 Å². The van der Waals surface area contributed by atoms with Gasteiger partial charge in [-0.1, -0.05) is 17.9 Å². The zero-order valence-electron chi connectivity index (χ0n) is 23.8. The molecule has 1 aliphatic heterocycles. The highest BCUT2D eigenvalue weighted by Gasteiger charge is 2.31. The summed E-state index contributed by atoms with van der Waals surface area (Å²) in [4.78, 5) is 34.7. The zero-order chi connectivity index (χ0) is 29.2. The molecule has 1 aliphatic rings. The molecule has 2 aromatic heterocycles. The molecule has 9 nitrogen and oxygen atoms in total. The molecule has 10 heteroatoms. The summed E-state index contributed by atoms with van der Waals surface area (Å²) in [6.07, 6.45) is 3.36. The number of methoxy groups -OCH3 is 1. The van der Waals surface area contributed by atoms with Crippen LogP contribution in [-0.4, -0.2) is 58.7 Å². The molecule has 3 aromatic rings. The number of fused-ring (bicyclic) bond motifs is 1. The number of hydrogen-bond acceptors (Lipinski definition) is 6. The number of aromatic nitrogens is 2. The predicted octanol–water partition coefficient (Wildman–Crippen LogP) is 5.25. The van der Waals surface area contributed by atoms with Gasteiger partial charge in [-0.2, -0.15) is 0 Å². The van der Waals surface area contributed by atoms with E-state index in [0.29, 0.717) is 46.7 Å². The Labute approximate surface area is 233 Å². The minimum Gasteiger partial charge on any atom is -0.492 e. The van der Waals surface area contributed by atoms with Crippen LogP contribution in [0, 0.1) is 17.7 Å². The molecule has 0 aliphatic carbocycles. The van der Waals surface area contributed by atoms with Crippen LogP contribution in [0.15, 0.2) is 36.7 Å². The number of aromatic amines is 1. The zero-order valence-corrected chi connectivity index (χ0v) is 23.8. The SMILES string of the molecule is COc1c(F)cccc1Nc1c(-c2ccncc2C#CC(C)(C)N(C)C(=O)OC(C)(C)C)[nH]c2c1C(=O)NCC2. The van der Waals surface area contributed by atoms with E-state index in [9.17, 15) is 14.0 Å². The van der Waals surface area contributed by atoms with E-state index < -0.39 is 23.1 Å². The molecular formula is C30H34FN5O4. The van der Waals surface area contributed by atoms with Gasteiger partial charge in [-0.15, -0.1) is 0 Å². The lowest BCUT2D eigenvalue weighted by Gasteiger charge is -2.32. The maximum atomic E-state index is 14.5. The van der Waals surface area contributed by atoms with Crippen molar-refractivity contribution in [2.75, 3.05) is 26.0 Å². The van der Waals surface area contributed by atoms with Crippen LogP contribution in [0.5, 0.6) is 5.75 Å². The highest BCUT2D eigenvalue weighted by atomic mass is 19.1. The molecule has 3 N–H and O–H groups in total. The van der Waals surface area contributed by atoms with Gasteiger partial charge in [0, 0.05) is 43.7 Å². The number of H-pyrrole nitrogens is 1. The number of ether oxygens (including phenoxy) is 2. The molecule has 0 unspecified atom stereocenters. The second kappa shape index (κ2) is 10.9. The van der Waals surface area contributed by atoms with Crippen LogP contribution in [0.2, 0.25) is 0 Å². The number of benzene rings is 1. The van der Waals surface area contributed by atoms with E-state index in [1.165, 1.54) is 18.1 Å². The van der Waals surface area contributed by atoms with Crippen LogP contribution >= 0.6 is 0 Å². The van der Waals surface area contributed by atoms with Crippen LogP contribution in [-0.2, 0) is 11.2 Å². The highest BCUT2D eigenvalue weighted by molar-refractivity contribution is 6.06. The van der Waals surface area contributed by atoms with Crippen LogP contribution in [0.25, 0.3) is 11.3 Å². The number of carbonyl (C=O) groups excluding carboxylic acids is 2. The van der Waals surface area contributed by atoms with Crippen molar-refractivity contribution >= 4 is 23.4 Å². The molecule has 0 atom stereocenters. The van der Waals surface area contributed by atoms with Gasteiger partial charge in [-0.3, -0.25) is 14.7 Å². The van der Waals surface area contributed by atoms with Gasteiger partial charge in [0.05, 0.1) is 35.3 Å². The van der Waals surface area contributed by atoms with Gasteiger partial charge in [0.25, 0.3) is 5.91 Å². The van der Waals surface area contributed by atoms with Crippen molar-refractivity contribution < 1.29 is 23.5 Å². The molecule has 0 saturated carbocycles. The van der Waals surface area contributed by atoms with Crippen molar-refractivity contribution in [1.82, 2.24) is 20.2 Å². The van der Waals surface area contributed by atoms with Crippen molar-refractivity contribution in [2.45, 2.75) is 52.2 Å². The average molecular weight is 548 g/mol. The normalized spacial score (nSPS) is 12.9. The summed E-state index contributed by atoms with van der Waals surface area (Å²) < 4.78 is 25.3. The minimum absolute atomic E-state index is 0.0290. The lowest BCUT2D eigenvalue weighted by Crippen LogP contribution is -2.46. The number of hydrogen-bond donors (Lipinski definition) is 3. The number of carbonyl (C=O) groups is 2. The average Bonchev–Trinajstić information content (AvgIpc) is 3.25.